The van der Waals surface area contributed by atoms with Crippen molar-refractivity contribution in [3.05, 3.63) is 72.6 Å². The molecule has 1 aliphatic rings. The molecule has 0 unspecified atom stereocenters. The van der Waals surface area contributed by atoms with Crippen molar-refractivity contribution < 1.29 is 4.74 Å². The zero-order valence-corrected chi connectivity index (χ0v) is 11.6. The first-order valence-electron chi connectivity index (χ1n) is 6.89. The monoisotopic (exact) mass is 285 g/mol. The van der Waals surface area contributed by atoms with Gasteiger partial charge < -0.3 is 9.64 Å². The Hall–Kier alpha value is -3.32. The zero-order chi connectivity index (χ0) is 14.9. The molecule has 4 nitrogen and oxygen atoms in total. The number of rotatable bonds is 1. The van der Waals surface area contributed by atoms with E-state index in [1.165, 1.54) is 0 Å². The second-order valence-electron chi connectivity index (χ2n) is 4.86. The molecule has 4 heteroatoms. The van der Waals surface area contributed by atoms with Gasteiger partial charge in [0.15, 0.2) is 17.2 Å². The number of benzene rings is 2. The Kier molecular flexibility index (Phi) is 2.77. The number of ether oxygens (including phenoxy) is 1. The molecule has 0 saturated carbocycles. The van der Waals surface area contributed by atoms with Gasteiger partial charge >= 0.3 is 0 Å². The van der Waals surface area contributed by atoms with Gasteiger partial charge in [-0.15, -0.1) is 0 Å². The van der Waals surface area contributed by atoms with Crippen LogP contribution in [0.1, 0.15) is 5.69 Å². The molecule has 104 valence electrons. The molecule has 1 aliphatic heterocycles. The number of nitrogens with zero attached hydrogens (tertiary/aromatic N) is 3. The minimum absolute atomic E-state index is 0.383. The van der Waals surface area contributed by atoms with Gasteiger partial charge in [0, 0.05) is 6.20 Å². The lowest BCUT2D eigenvalue weighted by molar-refractivity contribution is 0.477. The number of para-hydroxylation sites is 4. The Bertz CT molecular complexity index is 853. The lowest BCUT2D eigenvalue weighted by atomic mass is 10.1. The molecule has 2 aromatic carbocycles. The van der Waals surface area contributed by atoms with E-state index in [4.69, 9.17) is 4.74 Å². The van der Waals surface area contributed by atoms with Gasteiger partial charge in [0.25, 0.3) is 0 Å². The van der Waals surface area contributed by atoms with E-state index in [1.807, 2.05) is 65.6 Å². The first-order chi connectivity index (χ1) is 10.9. The summed E-state index contributed by atoms with van der Waals surface area (Å²) in [6, 6.07) is 21.4. The predicted molar refractivity (Wildman–Crippen MR) is 83.7 cm³/mol. The molecule has 2 heterocycles. The van der Waals surface area contributed by atoms with Crippen LogP contribution in [0.25, 0.3) is 0 Å². The highest BCUT2D eigenvalue weighted by atomic mass is 16.5. The molecule has 0 saturated heterocycles. The second kappa shape index (κ2) is 4.90. The van der Waals surface area contributed by atoms with Crippen molar-refractivity contribution in [1.29, 1.82) is 5.26 Å². The van der Waals surface area contributed by atoms with E-state index in [0.717, 1.165) is 28.6 Å². The first-order valence-corrected chi connectivity index (χ1v) is 6.89. The minimum Gasteiger partial charge on any atom is -0.453 e. The fourth-order valence-corrected chi connectivity index (χ4v) is 2.63. The summed E-state index contributed by atoms with van der Waals surface area (Å²) in [7, 11) is 0. The van der Waals surface area contributed by atoms with Gasteiger partial charge in [0.05, 0.1) is 17.1 Å². The fourth-order valence-electron chi connectivity index (χ4n) is 2.63. The Morgan fingerprint density at radius 3 is 2.05 bits per heavy atom. The number of fused-ring (bicyclic) bond motifs is 2. The van der Waals surface area contributed by atoms with E-state index < -0.39 is 0 Å². The average molecular weight is 285 g/mol. The predicted octanol–water partition coefficient (Wildman–Crippen LogP) is 4.53. The Balaban J connectivity index is 2.01. The molecule has 0 N–H and O–H groups in total. The molecule has 22 heavy (non-hydrogen) atoms. The molecule has 0 atom stereocenters. The van der Waals surface area contributed by atoms with E-state index in [2.05, 4.69) is 11.1 Å². The quantitative estimate of drug-likeness (QED) is 0.515. The largest absolute Gasteiger partial charge is 0.453 e. The van der Waals surface area contributed by atoms with Gasteiger partial charge in [-0.2, -0.15) is 5.26 Å². The molecule has 1 aromatic heterocycles. The Morgan fingerprint density at radius 2 is 1.41 bits per heavy atom. The van der Waals surface area contributed by atoms with Crippen LogP contribution in [0.2, 0.25) is 0 Å². The third-order valence-electron chi connectivity index (χ3n) is 3.57. The Labute approximate surface area is 127 Å². The van der Waals surface area contributed by atoms with Gasteiger partial charge in [-0.25, -0.2) is 4.98 Å². The number of pyridine rings is 1. The Morgan fingerprint density at radius 1 is 0.818 bits per heavy atom. The lowest BCUT2D eigenvalue weighted by Gasteiger charge is -2.32. The summed E-state index contributed by atoms with van der Waals surface area (Å²) < 4.78 is 5.96. The molecular formula is C18H11N3O. The maximum absolute atomic E-state index is 9.37. The van der Waals surface area contributed by atoms with Crippen molar-refractivity contribution in [2.24, 2.45) is 0 Å². The number of nitriles is 1. The highest BCUT2D eigenvalue weighted by Gasteiger charge is 2.26. The highest BCUT2D eigenvalue weighted by molar-refractivity contribution is 5.87. The fraction of sp³-hybridized carbons (Fsp3) is 0. The smallest absolute Gasteiger partial charge is 0.164 e. The van der Waals surface area contributed by atoms with E-state index in [0.29, 0.717) is 5.69 Å². The average Bonchev–Trinajstić information content (AvgIpc) is 2.59. The minimum atomic E-state index is 0.383. The normalized spacial score (nSPS) is 11.9. The van der Waals surface area contributed by atoms with Crippen LogP contribution in [-0.2, 0) is 0 Å². The molecule has 3 aromatic rings. The molecule has 0 radical (unpaired) electrons. The standard InChI is InChI=1S/C18H11N3O/c19-12-13-14(8-5-11-20-13)21-15-6-1-3-9-17(15)22-18-10-4-2-7-16(18)21/h1-11H. The third kappa shape index (κ3) is 1.80. The summed E-state index contributed by atoms with van der Waals surface area (Å²) in [6.45, 7) is 0. The van der Waals surface area contributed by atoms with E-state index in [9.17, 15) is 5.26 Å². The van der Waals surface area contributed by atoms with Crippen molar-refractivity contribution >= 4 is 17.1 Å². The van der Waals surface area contributed by atoms with Crippen LogP contribution in [0, 0.1) is 11.3 Å². The summed E-state index contributed by atoms with van der Waals surface area (Å²) in [6.07, 6.45) is 1.63. The maximum atomic E-state index is 9.37. The van der Waals surface area contributed by atoms with E-state index in [-0.39, 0.29) is 0 Å². The SMILES string of the molecule is N#Cc1ncccc1N1c2ccccc2Oc2ccccc21. The summed E-state index contributed by atoms with van der Waals surface area (Å²) >= 11 is 0. The molecule has 0 bridgehead atoms. The number of anilines is 3. The summed E-state index contributed by atoms with van der Waals surface area (Å²) in [4.78, 5) is 6.19. The molecular weight excluding hydrogens is 274 g/mol. The van der Waals surface area contributed by atoms with Gasteiger partial charge in [-0.05, 0) is 36.4 Å². The van der Waals surface area contributed by atoms with Gasteiger partial charge in [-0.3, -0.25) is 0 Å². The van der Waals surface area contributed by atoms with Crippen molar-refractivity contribution in [1.82, 2.24) is 4.98 Å². The van der Waals surface area contributed by atoms with Crippen LogP contribution in [0.15, 0.2) is 66.9 Å². The summed E-state index contributed by atoms with van der Waals surface area (Å²) in [5.74, 6) is 1.52. The van der Waals surface area contributed by atoms with Crippen molar-refractivity contribution in [2.45, 2.75) is 0 Å². The van der Waals surface area contributed by atoms with Crippen LogP contribution in [-0.4, -0.2) is 4.98 Å². The summed E-state index contributed by atoms with van der Waals surface area (Å²) in [5.41, 5.74) is 2.92. The van der Waals surface area contributed by atoms with Crippen molar-refractivity contribution in [3.8, 4) is 17.6 Å². The maximum Gasteiger partial charge on any atom is 0.164 e. The van der Waals surface area contributed by atoms with Crippen LogP contribution in [0.3, 0.4) is 0 Å². The van der Waals surface area contributed by atoms with E-state index >= 15 is 0 Å². The molecule has 4 rings (SSSR count). The molecule has 0 spiro atoms. The molecule has 0 aliphatic carbocycles. The van der Waals surface area contributed by atoms with Crippen LogP contribution in [0.5, 0.6) is 11.5 Å². The van der Waals surface area contributed by atoms with Crippen LogP contribution >= 0.6 is 0 Å². The van der Waals surface area contributed by atoms with Gasteiger partial charge in [-0.1, -0.05) is 24.3 Å². The van der Waals surface area contributed by atoms with E-state index in [1.54, 1.807) is 6.20 Å². The van der Waals surface area contributed by atoms with Crippen LogP contribution in [0.4, 0.5) is 17.1 Å². The lowest BCUT2D eigenvalue weighted by Crippen LogP contribution is -2.17. The number of hydrogen-bond donors (Lipinski definition) is 0. The van der Waals surface area contributed by atoms with Gasteiger partial charge in [0.2, 0.25) is 0 Å². The van der Waals surface area contributed by atoms with Crippen molar-refractivity contribution in [3.63, 3.8) is 0 Å². The highest BCUT2D eigenvalue weighted by Crippen LogP contribution is 2.50. The molecule has 0 amide bonds. The topological polar surface area (TPSA) is 49.2 Å². The number of hydrogen-bond acceptors (Lipinski definition) is 4. The zero-order valence-electron chi connectivity index (χ0n) is 11.6. The number of aromatic nitrogens is 1. The van der Waals surface area contributed by atoms with Gasteiger partial charge in [0.1, 0.15) is 6.07 Å². The second-order valence-corrected chi connectivity index (χ2v) is 4.86. The van der Waals surface area contributed by atoms with Crippen molar-refractivity contribution in [2.75, 3.05) is 4.90 Å². The first kappa shape index (κ1) is 12.4. The third-order valence-corrected chi connectivity index (χ3v) is 3.57. The summed E-state index contributed by atoms with van der Waals surface area (Å²) in [5, 5.41) is 9.37. The van der Waals surface area contributed by atoms with Crippen LogP contribution < -0.4 is 9.64 Å². The molecule has 0 fully saturated rings.